The number of aromatic nitrogens is 1. The number of nitrogens with one attached hydrogen (secondary N) is 1. The fraction of sp³-hybridized carbons (Fsp3) is 0.706. The molecule has 0 spiro atoms. The first-order chi connectivity index (χ1) is 9.64. The van der Waals surface area contributed by atoms with Crippen molar-refractivity contribution in [2.24, 2.45) is 5.41 Å². The Hall–Kier alpha value is -1.09. The Morgan fingerprint density at radius 3 is 2.65 bits per heavy atom. The summed E-state index contributed by atoms with van der Waals surface area (Å²) in [5.74, 6) is 0. The molecule has 0 amide bonds. The third-order valence-electron chi connectivity index (χ3n) is 4.94. The Bertz CT molecular complexity index is 438. The minimum atomic E-state index is 0.520. The molecule has 20 heavy (non-hydrogen) atoms. The number of pyridine rings is 1. The zero-order valence-corrected chi connectivity index (χ0v) is 13.5. The zero-order valence-electron chi connectivity index (χ0n) is 13.5. The molecule has 1 aromatic rings. The van der Waals surface area contributed by atoms with Crippen molar-refractivity contribution in [3.05, 3.63) is 23.5 Å². The van der Waals surface area contributed by atoms with Crippen LogP contribution in [0.1, 0.15) is 51.3 Å². The molecule has 0 atom stereocenters. The lowest BCUT2D eigenvalue weighted by molar-refractivity contribution is 0.301. The fourth-order valence-electron chi connectivity index (χ4n) is 3.23. The van der Waals surface area contributed by atoms with Crippen molar-refractivity contribution in [1.82, 2.24) is 10.3 Å². The summed E-state index contributed by atoms with van der Waals surface area (Å²) in [6, 6.07) is 2.26. The van der Waals surface area contributed by atoms with Crippen molar-refractivity contribution in [1.29, 1.82) is 0 Å². The van der Waals surface area contributed by atoms with Crippen LogP contribution >= 0.6 is 0 Å². The predicted molar refractivity (Wildman–Crippen MR) is 86.2 cm³/mol. The highest BCUT2D eigenvalue weighted by atomic mass is 15.2. The summed E-state index contributed by atoms with van der Waals surface area (Å²) in [6.07, 6.45) is 5.94. The molecule has 1 N–H and O–H groups in total. The standard InChI is InChI=1S/C17H29N3/c1-5-17(6-2)8-9-20(13-17)16-10-14(4)19-12-15(16)11-18-7-3/h10,12,18H,5-9,11,13H2,1-4H3. The molecule has 0 unspecified atom stereocenters. The minimum Gasteiger partial charge on any atom is -0.371 e. The predicted octanol–water partition coefficient (Wildman–Crippen LogP) is 3.52. The van der Waals surface area contributed by atoms with E-state index in [1.807, 2.05) is 6.20 Å². The number of hydrogen-bond donors (Lipinski definition) is 1. The van der Waals surface area contributed by atoms with E-state index in [1.165, 1.54) is 43.6 Å². The van der Waals surface area contributed by atoms with Crippen LogP contribution in [0.2, 0.25) is 0 Å². The average molecular weight is 275 g/mol. The molecule has 0 saturated carbocycles. The van der Waals surface area contributed by atoms with Gasteiger partial charge in [0.1, 0.15) is 0 Å². The number of anilines is 1. The summed E-state index contributed by atoms with van der Waals surface area (Å²) in [7, 11) is 0. The highest BCUT2D eigenvalue weighted by Gasteiger charge is 2.35. The average Bonchev–Trinajstić information content (AvgIpc) is 2.91. The monoisotopic (exact) mass is 275 g/mol. The maximum atomic E-state index is 4.47. The molecule has 0 bridgehead atoms. The van der Waals surface area contributed by atoms with Gasteiger partial charge in [0.2, 0.25) is 0 Å². The van der Waals surface area contributed by atoms with Crippen LogP contribution in [0.5, 0.6) is 0 Å². The SMILES string of the molecule is CCNCc1cnc(C)cc1N1CCC(CC)(CC)C1. The lowest BCUT2D eigenvalue weighted by Gasteiger charge is -2.28. The van der Waals surface area contributed by atoms with Gasteiger partial charge >= 0.3 is 0 Å². The van der Waals surface area contributed by atoms with Crippen LogP contribution in [0.15, 0.2) is 12.3 Å². The van der Waals surface area contributed by atoms with Crippen molar-refractivity contribution in [2.75, 3.05) is 24.5 Å². The molecule has 2 rings (SSSR count). The first kappa shape index (κ1) is 15.3. The molecular formula is C17H29N3. The Labute approximate surface area is 123 Å². The van der Waals surface area contributed by atoms with Crippen molar-refractivity contribution in [3.63, 3.8) is 0 Å². The van der Waals surface area contributed by atoms with Crippen LogP contribution in [0.3, 0.4) is 0 Å². The van der Waals surface area contributed by atoms with E-state index in [9.17, 15) is 0 Å². The van der Waals surface area contributed by atoms with E-state index >= 15 is 0 Å². The summed E-state index contributed by atoms with van der Waals surface area (Å²) in [5, 5.41) is 3.43. The molecule has 3 heteroatoms. The lowest BCUT2D eigenvalue weighted by atomic mass is 9.82. The molecule has 112 valence electrons. The van der Waals surface area contributed by atoms with E-state index in [-0.39, 0.29) is 0 Å². The Morgan fingerprint density at radius 2 is 2.05 bits per heavy atom. The van der Waals surface area contributed by atoms with Crippen molar-refractivity contribution in [2.45, 2.75) is 53.5 Å². The molecule has 1 aliphatic heterocycles. The molecule has 1 fully saturated rings. The maximum Gasteiger partial charge on any atom is 0.0445 e. The van der Waals surface area contributed by atoms with Crippen LogP contribution in [-0.2, 0) is 6.54 Å². The number of rotatable bonds is 6. The summed E-state index contributed by atoms with van der Waals surface area (Å²) < 4.78 is 0. The molecular weight excluding hydrogens is 246 g/mol. The topological polar surface area (TPSA) is 28.2 Å². The highest BCUT2D eigenvalue weighted by molar-refractivity contribution is 5.54. The first-order valence-corrected chi connectivity index (χ1v) is 8.05. The molecule has 3 nitrogen and oxygen atoms in total. The van der Waals surface area contributed by atoms with E-state index in [0.29, 0.717) is 5.41 Å². The fourth-order valence-corrected chi connectivity index (χ4v) is 3.23. The van der Waals surface area contributed by atoms with Gasteiger partial charge in [-0.2, -0.15) is 0 Å². The van der Waals surface area contributed by atoms with Crippen LogP contribution in [-0.4, -0.2) is 24.6 Å². The second kappa shape index (κ2) is 6.57. The quantitative estimate of drug-likeness (QED) is 0.861. The summed E-state index contributed by atoms with van der Waals surface area (Å²) >= 11 is 0. The van der Waals surface area contributed by atoms with Crippen LogP contribution in [0.25, 0.3) is 0 Å². The van der Waals surface area contributed by atoms with Gasteiger partial charge < -0.3 is 10.2 Å². The van der Waals surface area contributed by atoms with Crippen LogP contribution in [0.4, 0.5) is 5.69 Å². The first-order valence-electron chi connectivity index (χ1n) is 8.05. The molecule has 1 aromatic heterocycles. The lowest BCUT2D eigenvalue weighted by Crippen LogP contribution is -2.27. The van der Waals surface area contributed by atoms with Gasteiger partial charge in [-0.1, -0.05) is 20.8 Å². The largest absolute Gasteiger partial charge is 0.371 e. The normalized spacial score (nSPS) is 17.7. The van der Waals surface area contributed by atoms with Gasteiger partial charge in [0.15, 0.2) is 0 Å². The van der Waals surface area contributed by atoms with Gasteiger partial charge in [0, 0.05) is 42.8 Å². The maximum absolute atomic E-state index is 4.47. The Kier molecular flexibility index (Phi) is 5.03. The van der Waals surface area contributed by atoms with Crippen LogP contribution in [0, 0.1) is 12.3 Å². The van der Waals surface area contributed by atoms with E-state index < -0.39 is 0 Å². The van der Waals surface area contributed by atoms with Gasteiger partial charge in [-0.25, -0.2) is 0 Å². The van der Waals surface area contributed by atoms with E-state index in [0.717, 1.165) is 18.8 Å². The van der Waals surface area contributed by atoms with Gasteiger partial charge in [0.25, 0.3) is 0 Å². The Morgan fingerprint density at radius 1 is 1.30 bits per heavy atom. The van der Waals surface area contributed by atoms with Crippen molar-refractivity contribution < 1.29 is 0 Å². The molecule has 1 saturated heterocycles. The summed E-state index contributed by atoms with van der Waals surface area (Å²) in [6.45, 7) is 13.2. The molecule has 0 aliphatic carbocycles. The minimum absolute atomic E-state index is 0.520. The Balaban J connectivity index is 2.21. The zero-order chi connectivity index (χ0) is 14.6. The highest BCUT2D eigenvalue weighted by Crippen LogP contribution is 2.39. The summed E-state index contributed by atoms with van der Waals surface area (Å²) in [4.78, 5) is 7.05. The number of hydrogen-bond acceptors (Lipinski definition) is 3. The molecule has 0 radical (unpaired) electrons. The van der Waals surface area contributed by atoms with Crippen LogP contribution < -0.4 is 10.2 Å². The molecule has 0 aromatic carbocycles. The molecule has 1 aliphatic rings. The molecule has 2 heterocycles. The smallest absolute Gasteiger partial charge is 0.0445 e. The van der Waals surface area contributed by atoms with E-state index in [2.05, 4.69) is 49.0 Å². The second-order valence-electron chi connectivity index (χ2n) is 6.11. The van der Waals surface area contributed by atoms with Gasteiger partial charge in [-0.15, -0.1) is 0 Å². The summed E-state index contributed by atoms with van der Waals surface area (Å²) in [5.41, 5.74) is 4.36. The van der Waals surface area contributed by atoms with Gasteiger partial charge in [-0.3, -0.25) is 4.98 Å². The number of nitrogens with zero attached hydrogens (tertiary/aromatic N) is 2. The third kappa shape index (κ3) is 3.14. The van der Waals surface area contributed by atoms with E-state index in [4.69, 9.17) is 0 Å². The van der Waals surface area contributed by atoms with Crippen molar-refractivity contribution >= 4 is 5.69 Å². The second-order valence-corrected chi connectivity index (χ2v) is 6.11. The van der Waals surface area contributed by atoms with E-state index in [1.54, 1.807) is 0 Å². The number of aryl methyl sites for hydroxylation is 1. The van der Waals surface area contributed by atoms with Crippen molar-refractivity contribution in [3.8, 4) is 0 Å². The third-order valence-corrected chi connectivity index (χ3v) is 4.94. The van der Waals surface area contributed by atoms with Gasteiger partial charge in [-0.05, 0) is 44.2 Å². The van der Waals surface area contributed by atoms with Gasteiger partial charge in [0.05, 0.1) is 0 Å².